The van der Waals surface area contributed by atoms with Crippen LogP contribution in [0.3, 0.4) is 0 Å². The molecule has 7 heteroatoms. The molecule has 2 heterocycles. The van der Waals surface area contributed by atoms with Crippen LogP contribution in [0.4, 0.5) is 5.82 Å². The van der Waals surface area contributed by atoms with Crippen LogP contribution in [0.15, 0.2) is 36.4 Å². The molecule has 3 aromatic rings. The molecule has 1 amide bonds. The number of benzene rings is 1. The number of rotatable bonds is 6. The zero-order valence-electron chi connectivity index (χ0n) is 13.8. The molecule has 0 radical (unpaired) electrons. The average molecular weight is 324 g/mol. The molecule has 3 rings (SSSR count). The number of nitrogens with one attached hydrogen (secondary N) is 2. The van der Waals surface area contributed by atoms with Crippen LogP contribution in [0.25, 0.3) is 5.65 Å². The second-order valence-corrected chi connectivity index (χ2v) is 5.51. The zero-order chi connectivity index (χ0) is 16.9. The topological polar surface area (TPSA) is 84.2 Å². The third kappa shape index (κ3) is 3.51. The maximum Gasteiger partial charge on any atom is 0.251 e. The van der Waals surface area contributed by atoms with Gasteiger partial charge in [0.25, 0.3) is 5.91 Å². The van der Waals surface area contributed by atoms with E-state index in [1.54, 1.807) is 10.6 Å². The van der Waals surface area contributed by atoms with Gasteiger partial charge in [-0.15, -0.1) is 15.3 Å². The Bertz CT molecular complexity index is 857. The molecule has 0 saturated heterocycles. The van der Waals surface area contributed by atoms with Gasteiger partial charge in [0, 0.05) is 25.1 Å². The van der Waals surface area contributed by atoms with E-state index in [4.69, 9.17) is 0 Å². The predicted octanol–water partition coefficient (Wildman–Crippen LogP) is 1.84. The van der Waals surface area contributed by atoms with Gasteiger partial charge >= 0.3 is 0 Å². The lowest BCUT2D eigenvalue weighted by molar-refractivity contribution is 0.0954. The summed E-state index contributed by atoms with van der Waals surface area (Å²) in [6.45, 7) is 5.25. The van der Waals surface area contributed by atoms with Crippen molar-refractivity contribution in [1.29, 1.82) is 0 Å². The molecule has 0 unspecified atom stereocenters. The van der Waals surface area contributed by atoms with Crippen molar-refractivity contribution < 1.29 is 4.79 Å². The van der Waals surface area contributed by atoms with E-state index < -0.39 is 0 Å². The fourth-order valence-electron chi connectivity index (χ4n) is 2.44. The zero-order valence-corrected chi connectivity index (χ0v) is 13.8. The smallest absolute Gasteiger partial charge is 0.251 e. The van der Waals surface area contributed by atoms with Gasteiger partial charge < -0.3 is 10.6 Å². The number of aryl methyl sites for hydroxylation is 1. The number of nitrogens with zero attached hydrogens (tertiary/aromatic N) is 4. The lowest BCUT2D eigenvalue weighted by Gasteiger charge is -2.06. The van der Waals surface area contributed by atoms with E-state index in [1.807, 2.05) is 44.2 Å². The maximum atomic E-state index is 12.1. The van der Waals surface area contributed by atoms with Crippen molar-refractivity contribution in [1.82, 2.24) is 25.1 Å². The highest BCUT2D eigenvalue weighted by molar-refractivity contribution is 5.94. The van der Waals surface area contributed by atoms with E-state index in [9.17, 15) is 4.79 Å². The van der Waals surface area contributed by atoms with E-state index in [0.717, 1.165) is 17.9 Å². The van der Waals surface area contributed by atoms with Crippen LogP contribution in [0, 0.1) is 6.92 Å². The third-order valence-corrected chi connectivity index (χ3v) is 3.60. The van der Waals surface area contributed by atoms with Crippen molar-refractivity contribution in [3.05, 3.63) is 53.3 Å². The van der Waals surface area contributed by atoms with Crippen LogP contribution in [0.2, 0.25) is 0 Å². The van der Waals surface area contributed by atoms with Crippen LogP contribution in [-0.4, -0.2) is 38.8 Å². The van der Waals surface area contributed by atoms with Gasteiger partial charge in [0.1, 0.15) is 5.82 Å². The van der Waals surface area contributed by atoms with Crippen molar-refractivity contribution in [2.45, 2.75) is 20.3 Å². The molecule has 0 aliphatic rings. The largest absolute Gasteiger partial charge is 0.369 e. The minimum atomic E-state index is -0.0891. The Labute approximate surface area is 140 Å². The van der Waals surface area contributed by atoms with Crippen LogP contribution in [0.5, 0.6) is 0 Å². The SMILES string of the molecule is CCNc1ccc2nnc(CCNC(=O)c3cccc(C)c3)n2n1. The number of fused-ring (bicyclic) bond motifs is 1. The first-order valence-electron chi connectivity index (χ1n) is 7.97. The second-order valence-electron chi connectivity index (χ2n) is 5.51. The van der Waals surface area contributed by atoms with Crippen LogP contribution in [0.1, 0.15) is 28.7 Å². The molecule has 0 atom stereocenters. The Balaban J connectivity index is 1.65. The van der Waals surface area contributed by atoms with Gasteiger partial charge in [-0.3, -0.25) is 4.79 Å². The normalized spacial score (nSPS) is 10.8. The van der Waals surface area contributed by atoms with E-state index in [1.165, 1.54) is 0 Å². The Morgan fingerprint density at radius 2 is 2.08 bits per heavy atom. The summed E-state index contributed by atoms with van der Waals surface area (Å²) in [5.41, 5.74) is 2.41. The molecule has 24 heavy (non-hydrogen) atoms. The minimum Gasteiger partial charge on any atom is -0.369 e. The summed E-state index contributed by atoms with van der Waals surface area (Å²) in [6, 6.07) is 11.3. The Kier molecular flexibility index (Phi) is 4.69. The van der Waals surface area contributed by atoms with Crippen LogP contribution in [-0.2, 0) is 6.42 Å². The number of hydrogen-bond acceptors (Lipinski definition) is 5. The van der Waals surface area contributed by atoms with Gasteiger partial charge in [-0.1, -0.05) is 17.7 Å². The highest BCUT2D eigenvalue weighted by Gasteiger charge is 2.09. The standard InChI is InChI=1S/C17H20N6O/c1-3-18-14-7-8-15-20-21-16(23(15)22-14)9-10-19-17(24)13-6-4-5-12(2)11-13/h4-8,11H,3,9-10H2,1-2H3,(H,18,22)(H,19,24). The molecule has 1 aromatic carbocycles. The van der Waals surface area contributed by atoms with Crippen molar-refractivity contribution in [3.8, 4) is 0 Å². The number of carbonyl (C=O) groups excluding carboxylic acids is 1. The van der Waals surface area contributed by atoms with Gasteiger partial charge in [-0.25, -0.2) is 0 Å². The lowest BCUT2D eigenvalue weighted by Crippen LogP contribution is -2.26. The van der Waals surface area contributed by atoms with Gasteiger partial charge in [0.2, 0.25) is 0 Å². The first-order chi connectivity index (χ1) is 11.7. The minimum absolute atomic E-state index is 0.0891. The van der Waals surface area contributed by atoms with Gasteiger partial charge in [-0.05, 0) is 38.1 Å². The molecule has 124 valence electrons. The summed E-state index contributed by atoms with van der Waals surface area (Å²) in [5.74, 6) is 1.40. The summed E-state index contributed by atoms with van der Waals surface area (Å²) < 4.78 is 1.71. The predicted molar refractivity (Wildman–Crippen MR) is 92.2 cm³/mol. The maximum absolute atomic E-state index is 12.1. The quantitative estimate of drug-likeness (QED) is 0.723. The first-order valence-corrected chi connectivity index (χ1v) is 7.97. The molecule has 0 fully saturated rings. The third-order valence-electron chi connectivity index (χ3n) is 3.60. The first kappa shape index (κ1) is 15.9. The van der Waals surface area contributed by atoms with E-state index in [2.05, 4.69) is 25.9 Å². The van der Waals surface area contributed by atoms with E-state index >= 15 is 0 Å². The number of aromatic nitrogens is 4. The molecule has 0 saturated carbocycles. The number of amides is 1. The summed E-state index contributed by atoms with van der Waals surface area (Å²) in [4.78, 5) is 12.1. The van der Waals surface area contributed by atoms with Crippen molar-refractivity contribution in [2.24, 2.45) is 0 Å². The summed E-state index contributed by atoms with van der Waals surface area (Å²) >= 11 is 0. The summed E-state index contributed by atoms with van der Waals surface area (Å²) in [6.07, 6.45) is 0.557. The van der Waals surface area contributed by atoms with Crippen molar-refractivity contribution in [3.63, 3.8) is 0 Å². The Morgan fingerprint density at radius 1 is 1.21 bits per heavy atom. The molecule has 0 bridgehead atoms. The number of anilines is 1. The monoisotopic (exact) mass is 324 g/mol. The fraction of sp³-hybridized carbons (Fsp3) is 0.294. The van der Waals surface area contributed by atoms with Crippen molar-refractivity contribution >= 4 is 17.4 Å². The van der Waals surface area contributed by atoms with Gasteiger partial charge in [-0.2, -0.15) is 4.52 Å². The number of hydrogen-bond donors (Lipinski definition) is 2. The summed E-state index contributed by atoms with van der Waals surface area (Å²) in [5, 5.41) is 18.8. The molecule has 0 spiro atoms. The van der Waals surface area contributed by atoms with Gasteiger partial charge in [0.15, 0.2) is 11.5 Å². The highest BCUT2D eigenvalue weighted by Crippen LogP contribution is 2.07. The van der Waals surface area contributed by atoms with Crippen molar-refractivity contribution in [2.75, 3.05) is 18.4 Å². The van der Waals surface area contributed by atoms with Crippen LogP contribution < -0.4 is 10.6 Å². The molecule has 0 aliphatic carbocycles. The molecule has 2 N–H and O–H groups in total. The lowest BCUT2D eigenvalue weighted by atomic mass is 10.1. The fourth-order valence-corrected chi connectivity index (χ4v) is 2.44. The Morgan fingerprint density at radius 3 is 2.88 bits per heavy atom. The second kappa shape index (κ2) is 7.08. The average Bonchev–Trinajstić information content (AvgIpc) is 2.98. The van der Waals surface area contributed by atoms with E-state index in [0.29, 0.717) is 30.0 Å². The molecule has 0 aliphatic heterocycles. The molecular formula is C17H20N6O. The molecule has 2 aromatic heterocycles. The summed E-state index contributed by atoms with van der Waals surface area (Å²) in [7, 11) is 0. The Hall–Kier alpha value is -2.96. The van der Waals surface area contributed by atoms with E-state index in [-0.39, 0.29) is 5.91 Å². The highest BCUT2D eigenvalue weighted by atomic mass is 16.1. The number of carbonyl (C=O) groups is 1. The molecular weight excluding hydrogens is 304 g/mol. The molecule has 7 nitrogen and oxygen atoms in total. The van der Waals surface area contributed by atoms with Gasteiger partial charge in [0.05, 0.1) is 0 Å². The van der Waals surface area contributed by atoms with Crippen LogP contribution >= 0.6 is 0 Å².